The van der Waals surface area contributed by atoms with Gasteiger partial charge in [0.1, 0.15) is 0 Å². The predicted octanol–water partition coefficient (Wildman–Crippen LogP) is 4.90. The molecule has 0 bridgehead atoms. The molecule has 4 rings (SSSR count). The van der Waals surface area contributed by atoms with E-state index in [9.17, 15) is 14.7 Å². The zero-order valence-electron chi connectivity index (χ0n) is 23.0. The molecule has 1 aliphatic heterocycles. The van der Waals surface area contributed by atoms with Gasteiger partial charge in [0.05, 0.1) is 25.2 Å². The summed E-state index contributed by atoms with van der Waals surface area (Å²) in [5.74, 6) is -1.29. The van der Waals surface area contributed by atoms with Crippen LogP contribution in [0.25, 0.3) is 0 Å². The SMILES string of the molecule is C[C@@H](c1ccccc1)N(C)C[C@H]1C[C@@H](c2ccc(CO)cc2)O[C@@H](c2ccc(CNC(=O)CCC(=O)O)cc2)O1. The molecule has 0 aliphatic carbocycles. The molecule has 0 unspecified atom stereocenters. The van der Waals surface area contributed by atoms with Gasteiger partial charge in [-0.25, -0.2) is 0 Å². The number of aliphatic hydroxyl groups excluding tert-OH is 1. The van der Waals surface area contributed by atoms with Crippen molar-refractivity contribution < 1.29 is 29.3 Å². The van der Waals surface area contributed by atoms with E-state index in [4.69, 9.17) is 14.6 Å². The van der Waals surface area contributed by atoms with Gasteiger partial charge in [-0.3, -0.25) is 14.5 Å². The molecule has 0 aromatic heterocycles. The molecular formula is C32H38N2O6. The molecule has 3 N–H and O–H groups in total. The second kappa shape index (κ2) is 14.2. The summed E-state index contributed by atoms with van der Waals surface area (Å²) in [6.07, 6.45) is -0.361. The molecule has 8 heteroatoms. The Labute approximate surface area is 235 Å². The zero-order chi connectivity index (χ0) is 28.5. The minimum atomic E-state index is -0.992. The van der Waals surface area contributed by atoms with Crippen LogP contribution < -0.4 is 5.32 Å². The highest BCUT2D eigenvalue weighted by Gasteiger charge is 2.33. The van der Waals surface area contributed by atoms with E-state index in [1.807, 2.05) is 54.6 Å². The molecule has 0 radical (unpaired) electrons. The van der Waals surface area contributed by atoms with Crippen molar-refractivity contribution in [2.24, 2.45) is 0 Å². The summed E-state index contributed by atoms with van der Waals surface area (Å²) in [4.78, 5) is 24.8. The molecule has 3 aromatic carbocycles. The summed E-state index contributed by atoms with van der Waals surface area (Å²) in [5, 5.41) is 21.0. The third kappa shape index (κ3) is 8.22. The number of carbonyl (C=O) groups excluding carboxylic acids is 1. The van der Waals surface area contributed by atoms with Crippen LogP contribution in [-0.4, -0.2) is 46.7 Å². The average molecular weight is 547 g/mol. The van der Waals surface area contributed by atoms with Crippen LogP contribution in [0.2, 0.25) is 0 Å². The number of ether oxygens (including phenoxy) is 2. The van der Waals surface area contributed by atoms with E-state index in [-0.39, 0.29) is 43.6 Å². The molecule has 1 heterocycles. The highest BCUT2D eigenvalue weighted by Crippen LogP contribution is 2.38. The van der Waals surface area contributed by atoms with Gasteiger partial charge in [-0.15, -0.1) is 0 Å². The topological polar surface area (TPSA) is 108 Å². The highest BCUT2D eigenvalue weighted by molar-refractivity contribution is 5.80. The Morgan fingerprint density at radius 1 is 0.925 bits per heavy atom. The molecule has 0 saturated carbocycles. The lowest BCUT2D eigenvalue weighted by atomic mass is 9.99. The quantitative estimate of drug-likeness (QED) is 0.297. The summed E-state index contributed by atoms with van der Waals surface area (Å²) in [7, 11) is 2.11. The van der Waals surface area contributed by atoms with Gasteiger partial charge >= 0.3 is 5.97 Å². The number of likely N-dealkylation sites (N-methyl/N-ethyl adjacent to an activating group) is 1. The van der Waals surface area contributed by atoms with Gasteiger partial charge in [0, 0.05) is 37.5 Å². The minimum Gasteiger partial charge on any atom is -0.481 e. The van der Waals surface area contributed by atoms with Gasteiger partial charge in [0.15, 0.2) is 6.29 Å². The van der Waals surface area contributed by atoms with Crippen molar-refractivity contribution in [3.8, 4) is 0 Å². The van der Waals surface area contributed by atoms with Crippen molar-refractivity contribution in [1.82, 2.24) is 10.2 Å². The van der Waals surface area contributed by atoms with Crippen molar-refractivity contribution in [3.63, 3.8) is 0 Å². The lowest BCUT2D eigenvalue weighted by Crippen LogP contribution is -2.38. The standard InChI is InChI=1S/C32H38N2O6/c1-22(25-6-4-3-5-7-25)34(2)20-28-18-29(26-12-10-24(21-35)11-13-26)40-32(39-28)27-14-8-23(9-15-27)19-33-30(36)16-17-31(37)38/h3-15,22,28-29,32,35H,16-21H2,1-2H3,(H,33,36)(H,37,38)/t22-,28+,29-,32-/m0/s1. The second-order valence-electron chi connectivity index (χ2n) is 10.3. The number of aliphatic hydroxyl groups is 1. The number of benzene rings is 3. The molecule has 1 fully saturated rings. The van der Waals surface area contributed by atoms with Crippen LogP contribution in [0, 0.1) is 0 Å². The zero-order valence-corrected chi connectivity index (χ0v) is 23.0. The number of hydrogen-bond acceptors (Lipinski definition) is 6. The molecule has 212 valence electrons. The number of carboxylic acids is 1. The maximum atomic E-state index is 11.9. The van der Waals surface area contributed by atoms with Crippen LogP contribution in [0.3, 0.4) is 0 Å². The molecule has 8 nitrogen and oxygen atoms in total. The van der Waals surface area contributed by atoms with Gasteiger partial charge in [0.25, 0.3) is 0 Å². The molecule has 1 aliphatic rings. The predicted molar refractivity (Wildman–Crippen MR) is 151 cm³/mol. The molecule has 40 heavy (non-hydrogen) atoms. The summed E-state index contributed by atoms with van der Waals surface area (Å²) < 4.78 is 12.9. The summed E-state index contributed by atoms with van der Waals surface area (Å²) >= 11 is 0. The van der Waals surface area contributed by atoms with Crippen molar-refractivity contribution >= 4 is 11.9 Å². The maximum Gasteiger partial charge on any atom is 0.303 e. The smallest absolute Gasteiger partial charge is 0.303 e. The van der Waals surface area contributed by atoms with Crippen LogP contribution in [0.5, 0.6) is 0 Å². The van der Waals surface area contributed by atoms with Gasteiger partial charge in [-0.2, -0.15) is 0 Å². The van der Waals surface area contributed by atoms with E-state index >= 15 is 0 Å². The van der Waals surface area contributed by atoms with Crippen LogP contribution in [0.1, 0.15) is 72.4 Å². The number of carbonyl (C=O) groups is 2. The molecule has 3 aromatic rings. The first-order chi connectivity index (χ1) is 19.3. The first kappa shape index (κ1) is 29.4. The maximum absolute atomic E-state index is 11.9. The Morgan fingerprint density at radius 2 is 1.57 bits per heavy atom. The largest absolute Gasteiger partial charge is 0.481 e. The fourth-order valence-electron chi connectivity index (χ4n) is 4.80. The van der Waals surface area contributed by atoms with Gasteiger partial charge in [0.2, 0.25) is 5.91 Å². The lowest BCUT2D eigenvalue weighted by Gasteiger charge is -2.39. The number of aliphatic carboxylic acids is 1. The van der Waals surface area contributed by atoms with E-state index in [1.165, 1.54) is 5.56 Å². The van der Waals surface area contributed by atoms with Gasteiger partial charge < -0.3 is 25.0 Å². The minimum absolute atomic E-state index is 0.00526. The number of hydrogen-bond donors (Lipinski definition) is 3. The van der Waals surface area contributed by atoms with E-state index in [0.717, 1.165) is 28.8 Å². The highest BCUT2D eigenvalue weighted by atomic mass is 16.7. The van der Waals surface area contributed by atoms with E-state index in [1.54, 1.807) is 0 Å². The van der Waals surface area contributed by atoms with Crippen LogP contribution in [0.4, 0.5) is 0 Å². The Morgan fingerprint density at radius 3 is 2.23 bits per heavy atom. The number of nitrogens with one attached hydrogen (secondary N) is 1. The first-order valence-corrected chi connectivity index (χ1v) is 13.7. The Kier molecular flexibility index (Phi) is 10.4. The number of nitrogens with zero attached hydrogens (tertiary/aromatic N) is 1. The first-order valence-electron chi connectivity index (χ1n) is 13.7. The van der Waals surface area contributed by atoms with E-state index < -0.39 is 12.3 Å². The summed E-state index contributed by atoms with van der Waals surface area (Å²) in [5.41, 5.74) is 4.91. The monoisotopic (exact) mass is 546 g/mol. The average Bonchev–Trinajstić information content (AvgIpc) is 2.99. The van der Waals surface area contributed by atoms with Gasteiger partial charge in [-0.05, 0) is 36.2 Å². The molecule has 1 saturated heterocycles. The van der Waals surface area contributed by atoms with Crippen LogP contribution in [-0.2, 0) is 32.2 Å². The molecule has 0 spiro atoms. The Bertz CT molecular complexity index is 1230. The Hall–Kier alpha value is -3.56. The van der Waals surface area contributed by atoms with Crippen LogP contribution >= 0.6 is 0 Å². The third-order valence-electron chi connectivity index (χ3n) is 7.36. The Balaban J connectivity index is 1.46. The molecular weight excluding hydrogens is 508 g/mol. The van der Waals surface area contributed by atoms with Crippen molar-refractivity contribution in [2.75, 3.05) is 13.6 Å². The number of amides is 1. The van der Waals surface area contributed by atoms with Crippen LogP contribution in [0.15, 0.2) is 78.9 Å². The van der Waals surface area contributed by atoms with E-state index in [0.29, 0.717) is 13.0 Å². The summed E-state index contributed by atoms with van der Waals surface area (Å²) in [6.45, 7) is 3.22. The third-order valence-corrected chi connectivity index (χ3v) is 7.36. The fourth-order valence-corrected chi connectivity index (χ4v) is 4.80. The number of carboxylic acid groups (broad SMARTS) is 1. The molecule has 1 amide bonds. The fraction of sp³-hybridized carbons (Fsp3) is 0.375. The van der Waals surface area contributed by atoms with Crippen molar-refractivity contribution in [2.45, 2.75) is 63.9 Å². The second-order valence-corrected chi connectivity index (χ2v) is 10.3. The van der Waals surface area contributed by atoms with Gasteiger partial charge in [-0.1, -0.05) is 78.9 Å². The normalized spacial score (nSPS) is 19.8. The van der Waals surface area contributed by atoms with E-state index in [2.05, 4.69) is 48.5 Å². The summed E-state index contributed by atoms with van der Waals surface area (Å²) in [6, 6.07) is 26.2. The van der Waals surface area contributed by atoms with Crippen molar-refractivity contribution in [1.29, 1.82) is 0 Å². The lowest BCUT2D eigenvalue weighted by molar-refractivity contribution is -0.253. The molecule has 4 atom stereocenters. The van der Waals surface area contributed by atoms with Crippen molar-refractivity contribution in [3.05, 3.63) is 107 Å². The number of rotatable bonds is 12.